The highest BCUT2D eigenvalue weighted by Gasteiger charge is 2.43. The minimum Gasteiger partial charge on any atom is -0.369 e. The van der Waals surface area contributed by atoms with Crippen LogP contribution in [0.25, 0.3) is 0 Å². The molecule has 3 aliphatic rings. The molecule has 3 aliphatic heterocycles. The van der Waals surface area contributed by atoms with E-state index in [0.29, 0.717) is 12.0 Å². The number of aromatic nitrogens is 1. The van der Waals surface area contributed by atoms with E-state index in [4.69, 9.17) is 0 Å². The molecule has 26 heavy (non-hydrogen) atoms. The van der Waals surface area contributed by atoms with E-state index in [9.17, 15) is 4.79 Å². The van der Waals surface area contributed by atoms with Gasteiger partial charge < -0.3 is 14.7 Å². The molecule has 0 bridgehead atoms. The maximum absolute atomic E-state index is 13.2. The number of hydrazine groups is 1. The number of likely N-dealkylation sites (tertiary alicyclic amines) is 1. The summed E-state index contributed by atoms with van der Waals surface area (Å²) in [5.74, 6) is 0.622. The summed E-state index contributed by atoms with van der Waals surface area (Å²) < 4.78 is 0. The summed E-state index contributed by atoms with van der Waals surface area (Å²) in [5, 5.41) is 0. The van der Waals surface area contributed by atoms with Gasteiger partial charge in [0.05, 0.1) is 0 Å². The Bertz CT molecular complexity index is 653. The molecule has 2 N–H and O–H groups in total. The summed E-state index contributed by atoms with van der Waals surface area (Å²) in [7, 11) is 2.15. The Hall–Kier alpha value is -1.70. The van der Waals surface area contributed by atoms with Crippen molar-refractivity contribution >= 4 is 11.6 Å². The van der Waals surface area contributed by atoms with E-state index in [0.717, 1.165) is 52.1 Å². The Morgan fingerprint density at radius 1 is 1.19 bits per heavy atom. The molecular formula is C19H30N6O. The van der Waals surface area contributed by atoms with Gasteiger partial charge >= 0.3 is 0 Å². The zero-order chi connectivity index (χ0) is 18.1. The molecule has 7 heteroatoms. The van der Waals surface area contributed by atoms with Crippen LogP contribution in [0.15, 0.2) is 18.5 Å². The molecule has 4 rings (SSSR count). The Balaban J connectivity index is 1.41. The zero-order valence-corrected chi connectivity index (χ0v) is 15.8. The lowest BCUT2D eigenvalue weighted by Crippen LogP contribution is -2.51. The van der Waals surface area contributed by atoms with Crippen LogP contribution in [0.5, 0.6) is 0 Å². The first-order valence-electron chi connectivity index (χ1n) is 9.77. The van der Waals surface area contributed by atoms with Crippen molar-refractivity contribution in [3.63, 3.8) is 0 Å². The summed E-state index contributed by atoms with van der Waals surface area (Å²) in [5.41, 5.74) is 9.10. The van der Waals surface area contributed by atoms with E-state index in [1.807, 2.05) is 12.4 Å². The number of nitrogens with one attached hydrogen (secondary N) is 2. The maximum Gasteiger partial charge on any atom is 0.241 e. The van der Waals surface area contributed by atoms with Gasteiger partial charge in [0.15, 0.2) is 0 Å². The number of pyridine rings is 1. The Morgan fingerprint density at radius 3 is 2.92 bits per heavy atom. The number of nitrogens with zero attached hydrogens (tertiary/aromatic N) is 4. The number of carbonyl (C=O) groups is 1. The van der Waals surface area contributed by atoms with Gasteiger partial charge in [0.25, 0.3) is 0 Å². The van der Waals surface area contributed by atoms with Crippen LogP contribution in [0, 0.1) is 12.8 Å². The molecule has 3 fully saturated rings. The molecule has 1 aromatic heterocycles. The first kappa shape index (κ1) is 17.7. The summed E-state index contributed by atoms with van der Waals surface area (Å²) >= 11 is 0. The third kappa shape index (κ3) is 3.43. The highest BCUT2D eigenvalue weighted by atomic mass is 16.2. The molecule has 3 unspecified atom stereocenters. The molecule has 4 heterocycles. The number of carbonyl (C=O) groups excluding carboxylic acids is 1. The van der Waals surface area contributed by atoms with Crippen LogP contribution in [0.2, 0.25) is 0 Å². The van der Waals surface area contributed by atoms with Crippen molar-refractivity contribution in [2.24, 2.45) is 5.92 Å². The Morgan fingerprint density at radius 2 is 2.08 bits per heavy atom. The predicted molar refractivity (Wildman–Crippen MR) is 102 cm³/mol. The predicted octanol–water partition coefficient (Wildman–Crippen LogP) is 0.225. The van der Waals surface area contributed by atoms with Crippen molar-refractivity contribution in [3.05, 3.63) is 24.0 Å². The van der Waals surface area contributed by atoms with E-state index < -0.39 is 0 Å². The van der Waals surface area contributed by atoms with Gasteiger partial charge in [-0.25, -0.2) is 5.43 Å². The fourth-order valence-corrected chi connectivity index (χ4v) is 4.61. The number of piperidine rings is 1. The summed E-state index contributed by atoms with van der Waals surface area (Å²) in [4.78, 5) is 24.2. The zero-order valence-electron chi connectivity index (χ0n) is 15.8. The minimum atomic E-state index is -0.100. The second-order valence-electron chi connectivity index (χ2n) is 7.92. The minimum absolute atomic E-state index is 0.100. The molecule has 3 atom stereocenters. The van der Waals surface area contributed by atoms with Crippen molar-refractivity contribution in [2.45, 2.75) is 31.8 Å². The van der Waals surface area contributed by atoms with Gasteiger partial charge in [0.1, 0.15) is 6.04 Å². The molecular weight excluding hydrogens is 328 g/mol. The number of hydrogen-bond donors (Lipinski definition) is 2. The Labute approximate surface area is 155 Å². The molecule has 3 saturated heterocycles. The fourth-order valence-electron chi connectivity index (χ4n) is 4.61. The topological polar surface area (TPSA) is 63.7 Å². The molecule has 0 radical (unpaired) electrons. The summed E-state index contributed by atoms with van der Waals surface area (Å²) in [6.07, 6.45) is 5.87. The van der Waals surface area contributed by atoms with Gasteiger partial charge in [-0.05, 0) is 45.0 Å². The van der Waals surface area contributed by atoms with Crippen LogP contribution in [-0.4, -0.2) is 79.1 Å². The first-order chi connectivity index (χ1) is 12.6. The van der Waals surface area contributed by atoms with Crippen LogP contribution in [-0.2, 0) is 4.79 Å². The first-order valence-corrected chi connectivity index (χ1v) is 9.77. The SMILES string of the molecule is Cc1cnccc1N1CCCN(C(=O)C2NNC3CCN(C)CC32)CC1. The van der Waals surface area contributed by atoms with Crippen molar-refractivity contribution < 1.29 is 4.79 Å². The third-order valence-electron chi connectivity index (χ3n) is 6.12. The van der Waals surface area contributed by atoms with Gasteiger partial charge in [-0.15, -0.1) is 0 Å². The number of aryl methyl sites for hydroxylation is 1. The number of fused-ring (bicyclic) bond motifs is 1. The molecule has 0 aliphatic carbocycles. The molecule has 1 amide bonds. The van der Waals surface area contributed by atoms with Crippen LogP contribution in [0.4, 0.5) is 5.69 Å². The average molecular weight is 358 g/mol. The van der Waals surface area contributed by atoms with Crippen molar-refractivity contribution in [2.75, 3.05) is 51.2 Å². The second-order valence-corrected chi connectivity index (χ2v) is 7.92. The Kier molecular flexibility index (Phi) is 5.11. The van der Waals surface area contributed by atoms with Crippen molar-refractivity contribution in [1.29, 1.82) is 0 Å². The molecule has 142 valence electrons. The lowest BCUT2D eigenvalue weighted by molar-refractivity contribution is -0.134. The highest BCUT2D eigenvalue weighted by molar-refractivity contribution is 5.83. The van der Waals surface area contributed by atoms with Gasteiger partial charge in [-0.1, -0.05) is 0 Å². The largest absolute Gasteiger partial charge is 0.369 e. The van der Waals surface area contributed by atoms with E-state index in [-0.39, 0.29) is 11.9 Å². The van der Waals surface area contributed by atoms with Gasteiger partial charge in [0, 0.05) is 62.8 Å². The second kappa shape index (κ2) is 7.50. The standard InChI is InChI=1S/C19H30N6O/c1-14-12-20-6-4-17(14)24-7-3-8-25(11-10-24)19(26)18-15-13-23(2)9-5-16(15)21-22-18/h4,6,12,15-16,18,21-22H,3,5,7-11,13H2,1-2H3. The van der Waals surface area contributed by atoms with E-state index in [1.165, 1.54) is 11.3 Å². The maximum atomic E-state index is 13.2. The quantitative estimate of drug-likeness (QED) is 0.789. The number of amides is 1. The van der Waals surface area contributed by atoms with Gasteiger partial charge in [0.2, 0.25) is 5.91 Å². The van der Waals surface area contributed by atoms with E-state index in [2.05, 4.69) is 50.6 Å². The molecule has 0 aromatic carbocycles. The number of hydrogen-bond acceptors (Lipinski definition) is 6. The molecule has 0 spiro atoms. The van der Waals surface area contributed by atoms with Gasteiger partial charge in [-0.3, -0.25) is 15.2 Å². The van der Waals surface area contributed by atoms with Crippen molar-refractivity contribution in [1.82, 2.24) is 25.6 Å². The fraction of sp³-hybridized carbons (Fsp3) is 0.684. The van der Waals surface area contributed by atoms with Crippen LogP contribution in [0.3, 0.4) is 0 Å². The molecule has 0 saturated carbocycles. The summed E-state index contributed by atoms with van der Waals surface area (Å²) in [6.45, 7) is 7.67. The number of rotatable bonds is 2. The van der Waals surface area contributed by atoms with Crippen LogP contribution < -0.4 is 15.8 Å². The molecule has 1 aromatic rings. The van der Waals surface area contributed by atoms with E-state index in [1.54, 1.807) is 0 Å². The number of anilines is 1. The third-order valence-corrected chi connectivity index (χ3v) is 6.12. The highest BCUT2D eigenvalue weighted by Crippen LogP contribution is 2.25. The van der Waals surface area contributed by atoms with Gasteiger partial charge in [-0.2, -0.15) is 0 Å². The summed E-state index contributed by atoms with van der Waals surface area (Å²) in [6, 6.07) is 2.40. The lowest BCUT2D eigenvalue weighted by atomic mass is 9.88. The van der Waals surface area contributed by atoms with Crippen molar-refractivity contribution in [3.8, 4) is 0 Å². The van der Waals surface area contributed by atoms with E-state index >= 15 is 0 Å². The normalized spacial score (nSPS) is 30.2. The average Bonchev–Trinajstić information content (AvgIpc) is 2.89. The molecule has 7 nitrogen and oxygen atoms in total. The van der Waals surface area contributed by atoms with Crippen LogP contribution in [0.1, 0.15) is 18.4 Å². The van der Waals surface area contributed by atoms with Crippen LogP contribution >= 0.6 is 0 Å². The lowest BCUT2D eigenvalue weighted by Gasteiger charge is -2.34. The smallest absolute Gasteiger partial charge is 0.241 e. The monoisotopic (exact) mass is 358 g/mol.